The summed E-state index contributed by atoms with van der Waals surface area (Å²) in [6, 6.07) is 12.7. The molecule has 1 heterocycles. The van der Waals surface area contributed by atoms with Crippen molar-refractivity contribution in [2.75, 3.05) is 5.32 Å². The van der Waals surface area contributed by atoms with Crippen LogP contribution in [0, 0.1) is 19.7 Å². The normalized spacial score (nSPS) is 10.7. The Labute approximate surface area is 143 Å². The van der Waals surface area contributed by atoms with Crippen LogP contribution in [0.15, 0.2) is 48.5 Å². The molecule has 3 aromatic rings. The maximum absolute atomic E-state index is 13.2. The maximum Gasteiger partial charge on any atom is 0.255 e. The Bertz CT molecular complexity index is 903. The minimum atomic E-state index is -0.445. The van der Waals surface area contributed by atoms with Crippen LogP contribution in [-0.2, 0) is 0 Å². The Hall–Kier alpha value is -2.66. The average molecular weight is 344 g/mol. The van der Waals surface area contributed by atoms with Gasteiger partial charge in [0.15, 0.2) is 0 Å². The minimum absolute atomic E-state index is 0.268. The lowest BCUT2D eigenvalue weighted by Gasteiger charge is -2.08. The Kier molecular flexibility index (Phi) is 4.36. The van der Waals surface area contributed by atoms with Crippen molar-refractivity contribution in [3.63, 3.8) is 0 Å². The summed E-state index contributed by atoms with van der Waals surface area (Å²) in [6.45, 7) is 3.74. The molecule has 0 saturated heterocycles. The molecule has 0 saturated carbocycles. The molecule has 0 aliphatic carbocycles. The number of hydrogen-bond acceptors (Lipinski definition) is 2. The molecule has 1 aromatic heterocycles. The molecule has 0 unspecified atom stereocenters. The quantitative estimate of drug-likeness (QED) is 0.759. The van der Waals surface area contributed by atoms with Crippen LogP contribution in [0.3, 0.4) is 0 Å². The van der Waals surface area contributed by atoms with Crippen LogP contribution in [0.5, 0.6) is 0 Å². The number of carbonyl (C=O) groups is 1. The van der Waals surface area contributed by atoms with Gasteiger partial charge in [-0.15, -0.1) is 0 Å². The predicted molar refractivity (Wildman–Crippen MR) is 92.4 cm³/mol. The first kappa shape index (κ1) is 16.2. The van der Waals surface area contributed by atoms with Gasteiger partial charge in [-0.2, -0.15) is 5.10 Å². The highest BCUT2D eigenvalue weighted by atomic mass is 35.5. The molecule has 2 aromatic carbocycles. The molecule has 6 heteroatoms. The van der Waals surface area contributed by atoms with Gasteiger partial charge in [-0.1, -0.05) is 17.7 Å². The smallest absolute Gasteiger partial charge is 0.255 e. The number of amides is 1. The van der Waals surface area contributed by atoms with Gasteiger partial charge in [-0.05, 0) is 56.3 Å². The van der Waals surface area contributed by atoms with Crippen LogP contribution in [0.25, 0.3) is 5.69 Å². The molecular weight excluding hydrogens is 329 g/mol. The molecule has 0 radical (unpaired) electrons. The van der Waals surface area contributed by atoms with Crippen molar-refractivity contribution in [3.8, 4) is 5.69 Å². The van der Waals surface area contributed by atoms with Crippen LogP contribution < -0.4 is 5.32 Å². The van der Waals surface area contributed by atoms with E-state index in [4.69, 9.17) is 11.6 Å². The van der Waals surface area contributed by atoms with E-state index in [2.05, 4.69) is 10.4 Å². The number of carbonyl (C=O) groups excluding carboxylic acids is 1. The molecule has 0 atom stereocenters. The van der Waals surface area contributed by atoms with Crippen molar-refractivity contribution in [3.05, 3.63) is 76.3 Å². The third-order valence-corrected chi connectivity index (χ3v) is 4.21. The molecular formula is C18H15ClFN3O. The lowest BCUT2D eigenvalue weighted by atomic mass is 10.2. The first-order chi connectivity index (χ1) is 11.5. The fourth-order valence-electron chi connectivity index (χ4n) is 2.39. The van der Waals surface area contributed by atoms with Crippen LogP contribution in [0.1, 0.15) is 21.7 Å². The number of anilines is 1. The van der Waals surface area contributed by atoms with Crippen molar-refractivity contribution in [1.82, 2.24) is 9.78 Å². The summed E-state index contributed by atoms with van der Waals surface area (Å²) in [5.74, 6) is -0.809. The molecule has 1 amide bonds. The molecule has 4 nitrogen and oxygen atoms in total. The third-order valence-electron chi connectivity index (χ3n) is 3.66. The highest BCUT2D eigenvalue weighted by Gasteiger charge is 2.11. The molecule has 0 aliphatic heterocycles. The number of nitrogens with one attached hydrogen (secondary N) is 1. The second kappa shape index (κ2) is 6.45. The summed E-state index contributed by atoms with van der Waals surface area (Å²) in [4.78, 5) is 12.1. The number of benzene rings is 2. The first-order valence-corrected chi connectivity index (χ1v) is 7.72. The Morgan fingerprint density at radius 3 is 2.46 bits per heavy atom. The maximum atomic E-state index is 13.2. The Morgan fingerprint density at radius 2 is 1.88 bits per heavy atom. The van der Waals surface area contributed by atoms with Crippen molar-refractivity contribution in [1.29, 1.82) is 0 Å². The standard InChI is InChI=1S/C18H15ClFN3O/c1-11-17(19)12(2)23(22-11)16-8-6-15(7-9-16)21-18(24)13-4-3-5-14(20)10-13/h3-10H,1-2H3,(H,21,24). The van der Waals surface area contributed by atoms with Gasteiger partial charge in [0.05, 0.1) is 22.1 Å². The van der Waals surface area contributed by atoms with E-state index in [9.17, 15) is 9.18 Å². The summed E-state index contributed by atoms with van der Waals surface area (Å²) >= 11 is 6.16. The van der Waals surface area contributed by atoms with Crippen LogP contribution in [0.4, 0.5) is 10.1 Å². The number of aromatic nitrogens is 2. The fraction of sp³-hybridized carbons (Fsp3) is 0.111. The Morgan fingerprint density at radius 1 is 1.17 bits per heavy atom. The van der Waals surface area contributed by atoms with E-state index in [0.29, 0.717) is 10.7 Å². The summed E-state index contributed by atoms with van der Waals surface area (Å²) < 4.78 is 14.9. The van der Waals surface area contributed by atoms with E-state index in [0.717, 1.165) is 17.1 Å². The van der Waals surface area contributed by atoms with E-state index in [-0.39, 0.29) is 11.5 Å². The van der Waals surface area contributed by atoms with Crippen LogP contribution in [0.2, 0.25) is 5.02 Å². The van der Waals surface area contributed by atoms with Gasteiger partial charge < -0.3 is 5.32 Å². The second-order valence-electron chi connectivity index (χ2n) is 5.41. The molecule has 3 rings (SSSR count). The zero-order valence-electron chi connectivity index (χ0n) is 13.2. The number of rotatable bonds is 3. The highest BCUT2D eigenvalue weighted by molar-refractivity contribution is 6.31. The van der Waals surface area contributed by atoms with Crippen molar-refractivity contribution >= 4 is 23.2 Å². The zero-order valence-corrected chi connectivity index (χ0v) is 13.9. The summed E-state index contributed by atoms with van der Waals surface area (Å²) in [6.07, 6.45) is 0. The molecule has 24 heavy (non-hydrogen) atoms. The van der Waals surface area contributed by atoms with E-state index in [1.54, 1.807) is 22.9 Å². The molecule has 0 bridgehead atoms. The number of aryl methyl sites for hydroxylation is 1. The van der Waals surface area contributed by atoms with Crippen LogP contribution in [-0.4, -0.2) is 15.7 Å². The molecule has 122 valence electrons. The summed E-state index contributed by atoms with van der Waals surface area (Å²) in [5.41, 5.74) is 3.33. The van der Waals surface area contributed by atoms with Gasteiger partial charge in [0.25, 0.3) is 5.91 Å². The Balaban J connectivity index is 1.80. The van der Waals surface area contributed by atoms with E-state index < -0.39 is 5.82 Å². The average Bonchev–Trinajstić information content (AvgIpc) is 2.83. The fourth-order valence-corrected chi connectivity index (χ4v) is 2.51. The first-order valence-electron chi connectivity index (χ1n) is 7.35. The summed E-state index contributed by atoms with van der Waals surface area (Å²) in [5, 5.41) is 7.76. The van der Waals surface area contributed by atoms with E-state index >= 15 is 0 Å². The van der Waals surface area contributed by atoms with Gasteiger partial charge in [-0.25, -0.2) is 9.07 Å². The number of halogens is 2. The third kappa shape index (κ3) is 3.16. The number of hydrogen-bond donors (Lipinski definition) is 1. The van der Waals surface area contributed by atoms with Crippen molar-refractivity contribution in [2.24, 2.45) is 0 Å². The van der Waals surface area contributed by atoms with Gasteiger partial charge >= 0.3 is 0 Å². The van der Waals surface area contributed by atoms with Gasteiger partial charge in [-0.3, -0.25) is 4.79 Å². The highest BCUT2D eigenvalue weighted by Crippen LogP contribution is 2.23. The van der Waals surface area contributed by atoms with Crippen LogP contribution >= 0.6 is 11.6 Å². The van der Waals surface area contributed by atoms with Gasteiger partial charge in [0.1, 0.15) is 5.82 Å². The topological polar surface area (TPSA) is 46.9 Å². The molecule has 0 spiro atoms. The van der Waals surface area contributed by atoms with Gasteiger partial charge in [0, 0.05) is 11.3 Å². The summed E-state index contributed by atoms with van der Waals surface area (Å²) in [7, 11) is 0. The zero-order chi connectivity index (χ0) is 17.3. The number of nitrogens with zero attached hydrogens (tertiary/aromatic N) is 2. The monoisotopic (exact) mass is 343 g/mol. The minimum Gasteiger partial charge on any atom is -0.322 e. The largest absolute Gasteiger partial charge is 0.322 e. The second-order valence-corrected chi connectivity index (χ2v) is 5.79. The van der Waals surface area contributed by atoms with Gasteiger partial charge in [0.2, 0.25) is 0 Å². The lowest BCUT2D eigenvalue weighted by Crippen LogP contribution is -2.12. The van der Waals surface area contributed by atoms with E-state index in [1.165, 1.54) is 18.2 Å². The van der Waals surface area contributed by atoms with E-state index in [1.807, 2.05) is 26.0 Å². The molecule has 1 N–H and O–H groups in total. The SMILES string of the molecule is Cc1nn(-c2ccc(NC(=O)c3cccc(F)c3)cc2)c(C)c1Cl. The molecule has 0 fully saturated rings. The predicted octanol–water partition coefficient (Wildman–Crippen LogP) is 4.53. The molecule has 0 aliphatic rings. The lowest BCUT2D eigenvalue weighted by molar-refractivity contribution is 0.102. The van der Waals surface area contributed by atoms with Crippen molar-refractivity contribution in [2.45, 2.75) is 13.8 Å². The van der Waals surface area contributed by atoms with Crippen molar-refractivity contribution < 1.29 is 9.18 Å².